The van der Waals surface area contributed by atoms with Crippen LogP contribution in [0.5, 0.6) is 0 Å². The van der Waals surface area contributed by atoms with Gasteiger partial charge in [0.1, 0.15) is 0 Å². The maximum atomic E-state index is 12.3. The number of amides is 1. The van der Waals surface area contributed by atoms with Gasteiger partial charge in [0.05, 0.1) is 25.3 Å². The molecule has 0 aromatic carbocycles. The van der Waals surface area contributed by atoms with E-state index in [1.165, 1.54) is 57.8 Å². The highest BCUT2D eigenvalue weighted by atomic mass is 16.3. The van der Waals surface area contributed by atoms with Gasteiger partial charge in [-0.25, -0.2) is 0 Å². The predicted octanol–water partition coefficient (Wildman–Crippen LogP) is 4.28. The monoisotopic (exact) mass is 343 g/mol. The van der Waals surface area contributed by atoms with Crippen LogP contribution in [0.15, 0.2) is 0 Å². The molecule has 2 unspecified atom stereocenters. The van der Waals surface area contributed by atoms with Gasteiger partial charge in [-0.05, 0) is 20.3 Å². The summed E-state index contributed by atoms with van der Waals surface area (Å²) in [6, 6.07) is -0.459. The minimum absolute atomic E-state index is 0.0500. The van der Waals surface area contributed by atoms with Crippen molar-refractivity contribution < 1.29 is 15.0 Å². The van der Waals surface area contributed by atoms with Crippen molar-refractivity contribution in [3.05, 3.63) is 0 Å². The van der Waals surface area contributed by atoms with E-state index < -0.39 is 0 Å². The van der Waals surface area contributed by atoms with Crippen LogP contribution in [0, 0.1) is 0 Å². The lowest BCUT2D eigenvalue weighted by molar-refractivity contribution is -0.137. The van der Waals surface area contributed by atoms with Gasteiger partial charge < -0.3 is 15.1 Å². The lowest BCUT2D eigenvalue weighted by Gasteiger charge is -2.33. The predicted molar refractivity (Wildman–Crippen MR) is 101 cm³/mol. The Balaban J connectivity index is 3.69. The van der Waals surface area contributed by atoms with E-state index in [0.717, 1.165) is 12.8 Å². The number of carbonyl (C=O) groups is 1. The normalized spacial score (nSPS) is 13.7. The van der Waals surface area contributed by atoms with Gasteiger partial charge in [-0.3, -0.25) is 4.79 Å². The van der Waals surface area contributed by atoms with Crippen LogP contribution in [0.3, 0.4) is 0 Å². The summed E-state index contributed by atoms with van der Waals surface area (Å²) in [7, 11) is 0. The third-order valence-electron chi connectivity index (χ3n) is 4.76. The summed E-state index contributed by atoms with van der Waals surface area (Å²) < 4.78 is 0. The lowest BCUT2D eigenvalue weighted by Crippen LogP contribution is -2.47. The molecule has 2 atom stereocenters. The van der Waals surface area contributed by atoms with E-state index >= 15 is 0 Å². The topological polar surface area (TPSA) is 60.8 Å². The van der Waals surface area contributed by atoms with Crippen LogP contribution in [0.4, 0.5) is 0 Å². The first-order valence-electron chi connectivity index (χ1n) is 10.1. The summed E-state index contributed by atoms with van der Waals surface area (Å²) in [5.74, 6) is 0.0500. The molecule has 24 heavy (non-hydrogen) atoms. The quantitative estimate of drug-likeness (QED) is 0.411. The van der Waals surface area contributed by atoms with Crippen LogP contribution < -0.4 is 0 Å². The molecular weight excluding hydrogens is 302 g/mol. The second-order valence-corrected chi connectivity index (χ2v) is 7.15. The van der Waals surface area contributed by atoms with Crippen molar-refractivity contribution in [2.45, 2.75) is 110 Å². The molecule has 0 saturated carbocycles. The number of nitrogens with zero attached hydrogens (tertiary/aromatic N) is 1. The summed E-state index contributed by atoms with van der Waals surface area (Å²) in [4.78, 5) is 13.9. The summed E-state index contributed by atoms with van der Waals surface area (Å²) in [5, 5.41) is 18.6. The Kier molecular flexibility index (Phi) is 15.5. The van der Waals surface area contributed by atoms with Crippen molar-refractivity contribution in [3.8, 4) is 0 Å². The van der Waals surface area contributed by atoms with Crippen LogP contribution in [0.25, 0.3) is 0 Å². The van der Waals surface area contributed by atoms with E-state index in [-0.39, 0.29) is 31.2 Å². The highest BCUT2D eigenvalue weighted by Gasteiger charge is 2.23. The maximum absolute atomic E-state index is 12.3. The number of hydrogen-bond acceptors (Lipinski definition) is 3. The van der Waals surface area contributed by atoms with E-state index in [0.29, 0.717) is 6.42 Å². The molecule has 0 saturated heterocycles. The summed E-state index contributed by atoms with van der Waals surface area (Å²) in [6.07, 6.45) is 14.5. The van der Waals surface area contributed by atoms with Gasteiger partial charge >= 0.3 is 0 Å². The minimum atomic E-state index is -0.229. The van der Waals surface area contributed by atoms with Crippen LogP contribution in [0.2, 0.25) is 0 Å². The second-order valence-electron chi connectivity index (χ2n) is 7.15. The molecule has 0 aromatic heterocycles. The third-order valence-corrected chi connectivity index (χ3v) is 4.76. The van der Waals surface area contributed by atoms with Gasteiger partial charge in [-0.2, -0.15) is 0 Å². The van der Waals surface area contributed by atoms with E-state index in [9.17, 15) is 15.0 Å². The first-order valence-corrected chi connectivity index (χ1v) is 10.1. The Morgan fingerprint density at radius 2 is 1.12 bits per heavy atom. The SMILES string of the molecule is CCCCCCCCCCCCCC(=O)N(C(C)CO)C(C)CO. The summed E-state index contributed by atoms with van der Waals surface area (Å²) >= 11 is 0. The smallest absolute Gasteiger partial charge is 0.223 e. The fraction of sp³-hybridized carbons (Fsp3) is 0.950. The van der Waals surface area contributed by atoms with Gasteiger partial charge in [0.2, 0.25) is 5.91 Å². The standard InChI is InChI=1S/C20H41NO3/c1-4-5-6-7-8-9-10-11-12-13-14-15-20(24)21(18(2)16-22)19(3)17-23/h18-19,22-23H,4-17H2,1-3H3. The zero-order valence-corrected chi connectivity index (χ0v) is 16.3. The van der Waals surface area contributed by atoms with Crippen molar-refractivity contribution in [1.29, 1.82) is 0 Å². The van der Waals surface area contributed by atoms with Gasteiger partial charge in [0, 0.05) is 6.42 Å². The molecule has 0 radical (unpaired) electrons. The largest absolute Gasteiger partial charge is 0.394 e. The van der Waals surface area contributed by atoms with E-state index in [2.05, 4.69) is 6.92 Å². The number of aliphatic hydroxyl groups is 2. The fourth-order valence-corrected chi connectivity index (χ4v) is 3.17. The zero-order chi connectivity index (χ0) is 18.2. The number of aliphatic hydroxyl groups excluding tert-OH is 2. The van der Waals surface area contributed by atoms with Crippen LogP contribution in [-0.4, -0.2) is 46.3 Å². The molecule has 0 aliphatic rings. The minimum Gasteiger partial charge on any atom is -0.394 e. The molecule has 0 rings (SSSR count). The van der Waals surface area contributed by atoms with Crippen molar-refractivity contribution >= 4 is 5.91 Å². The summed E-state index contributed by atoms with van der Waals surface area (Å²) in [5.41, 5.74) is 0. The van der Waals surface area contributed by atoms with E-state index in [1.54, 1.807) is 4.90 Å². The molecule has 144 valence electrons. The Bertz CT molecular complexity index is 287. The van der Waals surface area contributed by atoms with Crippen molar-refractivity contribution in [2.24, 2.45) is 0 Å². The highest BCUT2D eigenvalue weighted by molar-refractivity contribution is 5.76. The van der Waals surface area contributed by atoms with Gasteiger partial charge in [0.25, 0.3) is 0 Å². The molecular formula is C20H41NO3. The number of hydrogen-bond donors (Lipinski definition) is 2. The van der Waals surface area contributed by atoms with Crippen molar-refractivity contribution in [3.63, 3.8) is 0 Å². The molecule has 4 nitrogen and oxygen atoms in total. The van der Waals surface area contributed by atoms with Crippen molar-refractivity contribution in [2.75, 3.05) is 13.2 Å². The van der Waals surface area contributed by atoms with Crippen molar-refractivity contribution in [1.82, 2.24) is 4.90 Å². The molecule has 2 N–H and O–H groups in total. The maximum Gasteiger partial charge on any atom is 0.223 e. The second kappa shape index (κ2) is 15.9. The Morgan fingerprint density at radius 1 is 0.750 bits per heavy atom. The molecule has 4 heteroatoms. The van der Waals surface area contributed by atoms with Crippen LogP contribution in [0.1, 0.15) is 97.8 Å². The molecule has 0 aliphatic heterocycles. The summed E-state index contributed by atoms with van der Waals surface area (Å²) in [6.45, 7) is 5.77. The number of rotatable bonds is 16. The number of unbranched alkanes of at least 4 members (excludes halogenated alkanes) is 10. The molecule has 0 spiro atoms. The molecule has 0 aromatic rings. The molecule has 0 fully saturated rings. The number of carbonyl (C=O) groups excluding carboxylic acids is 1. The average Bonchev–Trinajstić information content (AvgIpc) is 2.59. The highest BCUT2D eigenvalue weighted by Crippen LogP contribution is 2.14. The van der Waals surface area contributed by atoms with Gasteiger partial charge in [-0.15, -0.1) is 0 Å². The van der Waals surface area contributed by atoms with Crippen LogP contribution >= 0.6 is 0 Å². The van der Waals surface area contributed by atoms with E-state index in [1.807, 2.05) is 13.8 Å². The Morgan fingerprint density at radius 3 is 1.50 bits per heavy atom. The molecule has 0 heterocycles. The van der Waals surface area contributed by atoms with Gasteiger partial charge in [-0.1, -0.05) is 71.1 Å². The van der Waals surface area contributed by atoms with Gasteiger partial charge in [0.15, 0.2) is 0 Å². The fourth-order valence-electron chi connectivity index (χ4n) is 3.17. The lowest BCUT2D eigenvalue weighted by atomic mass is 10.0. The molecule has 0 bridgehead atoms. The molecule has 1 amide bonds. The molecule has 0 aliphatic carbocycles. The Labute approximate surface area is 149 Å². The Hall–Kier alpha value is -0.610. The van der Waals surface area contributed by atoms with Crippen LogP contribution in [-0.2, 0) is 4.79 Å². The third kappa shape index (κ3) is 11.0. The average molecular weight is 344 g/mol. The zero-order valence-electron chi connectivity index (χ0n) is 16.3. The first-order chi connectivity index (χ1) is 11.6. The van der Waals surface area contributed by atoms with E-state index in [4.69, 9.17) is 0 Å². The first kappa shape index (κ1) is 23.4.